The number of hydrogen-bond donors (Lipinski definition) is 2. The first-order valence-electron chi connectivity index (χ1n) is 8.42. The molecular weight excluding hydrogens is 304 g/mol. The fourth-order valence-electron chi connectivity index (χ4n) is 2.48. The molecule has 1 amide bonds. The molecule has 0 atom stereocenters. The van der Waals surface area contributed by atoms with Gasteiger partial charge in [0, 0.05) is 24.0 Å². The fourth-order valence-corrected chi connectivity index (χ4v) is 2.48. The first-order valence-corrected chi connectivity index (χ1v) is 8.42. The lowest BCUT2D eigenvalue weighted by atomic mass is 10.0. The number of benzene rings is 1. The molecule has 2 aromatic rings. The summed E-state index contributed by atoms with van der Waals surface area (Å²) in [6.07, 6.45) is 2.93. The van der Waals surface area contributed by atoms with E-state index >= 15 is 0 Å². The molecule has 130 valence electrons. The Morgan fingerprint density at radius 1 is 1.25 bits per heavy atom. The number of unbranched alkanes of at least 4 members (excludes halogenated alkanes) is 2. The Morgan fingerprint density at radius 2 is 1.92 bits per heavy atom. The molecule has 3 N–H and O–H groups in total. The maximum absolute atomic E-state index is 12.7. The molecule has 1 aromatic heterocycles. The number of nitrogens with one attached hydrogen (secondary N) is 1. The summed E-state index contributed by atoms with van der Waals surface area (Å²) in [5.41, 5.74) is 5.26. The number of rotatable bonds is 7. The average Bonchev–Trinajstić information content (AvgIpc) is 2.56. The van der Waals surface area contributed by atoms with Gasteiger partial charge in [-0.05, 0) is 26.3 Å². The molecule has 1 aromatic carbocycles. The van der Waals surface area contributed by atoms with Crippen molar-refractivity contribution in [2.24, 2.45) is 5.73 Å². The predicted molar refractivity (Wildman–Crippen MR) is 96.1 cm³/mol. The molecule has 0 unspecified atom stereocenters. The van der Waals surface area contributed by atoms with Gasteiger partial charge >= 0.3 is 0 Å². The number of fused-ring (bicyclic) bond motifs is 1. The summed E-state index contributed by atoms with van der Waals surface area (Å²) in [4.78, 5) is 25.3. The zero-order valence-corrected chi connectivity index (χ0v) is 14.6. The van der Waals surface area contributed by atoms with E-state index in [9.17, 15) is 9.59 Å². The molecule has 0 aliphatic carbocycles. The van der Waals surface area contributed by atoms with Gasteiger partial charge < -0.3 is 11.1 Å². The van der Waals surface area contributed by atoms with E-state index in [1.54, 1.807) is 24.3 Å². The van der Waals surface area contributed by atoms with Gasteiger partial charge in [0.25, 0.3) is 11.5 Å². The smallest absolute Gasteiger partial charge is 0.274 e. The number of amides is 1. The van der Waals surface area contributed by atoms with E-state index in [4.69, 9.17) is 5.73 Å². The number of aromatic nitrogens is 2. The van der Waals surface area contributed by atoms with Crippen molar-refractivity contribution in [3.8, 4) is 0 Å². The van der Waals surface area contributed by atoms with E-state index in [-0.39, 0.29) is 17.2 Å². The third-order valence-electron chi connectivity index (χ3n) is 4.02. The lowest BCUT2D eigenvalue weighted by molar-refractivity contribution is 0.0910. The van der Waals surface area contributed by atoms with Crippen molar-refractivity contribution >= 4 is 16.7 Å². The first-order chi connectivity index (χ1) is 11.4. The summed E-state index contributed by atoms with van der Waals surface area (Å²) in [7, 11) is 0. The van der Waals surface area contributed by atoms with Gasteiger partial charge in [0.1, 0.15) is 0 Å². The summed E-state index contributed by atoms with van der Waals surface area (Å²) in [6, 6.07) is 7.09. The second-order valence-electron chi connectivity index (χ2n) is 6.67. The second kappa shape index (κ2) is 7.57. The summed E-state index contributed by atoms with van der Waals surface area (Å²) in [5.74, 6) is -0.314. The number of nitrogens with two attached hydrogens (primary N) is 1. The number of carbonyl (C=O) groups is 1. The lowest BCUT2D eigenvalue weighted by Crippen LogP contribution is -2.49. The van der Waals surface area contributed by atoms with E-state index < -0.39 is 5.54 Å². The van der Waals surface area contributed by atoms with E-state index in [0.717, 1.165) is 19.3 Å². The van der Waals surface area contributed by atoms with Crippen LogP contribution in [0.15, 0.2) is 29.1 Å². The van der Waals surface area contributed by atoms with Gasteiger partial charge in [-0.25, -0.2) is 4.68 Å². The van der Waals surface area contributed by atoms with Gasteiger partial charge in [0.05, 0.1) is 5.39 Å². The Kier molecular flexibility index (Phi) is 5.72. The summed E-state index contributed by atoms with van der Waals surface area (Å²) >= 11 is 0. The average molecular weight is 330 g/mol. The van der Waals surface area contributed by atoms with Crippen LogP contribution in [0.25, 0.3) is 10.8 Å². The molecule has 0 bridgehead atoms. The van der Waals surface area contributed by atoms with Crippen molar-refractivity contribution in [3.05, 3.63) is 40.3 Å². The zero-order chi connectivity index (χ0) is 17.7. The zero-order valence-electron chi connectivity index (χ0n) is 14.6. The van der Waals surface area contributed by atoms with Crippen molar-refractivity contribution in [3.63, 3.8) is 0 Å². The van der Waals surface area contributed by atoms with Crippen LogP contribution in [-0.2, 0) is 6.54 Å². The molecule has 6 nitrogen and oxygen atoms in total. The molecule has 6 heteroatoms. The molecule has 1 heterocycles. The molecule has 0 saturated heterocycles. The monoisotopic (exact) mass is 330 g/mol. The molecular formula is C18H26N4O2. The van der Waals surface area contributed by atoms with E-state index in [1.807, 2.05) is 13.8 Å². The van der Waals surface area contributed by atoms with Crippen LogP contribution < -0.4 is 16.6 Å². The van der Waals surface area contributed by atoms with Crippen LogP contribution in [0.3, 0.4) is 0 Å². The lowest BCUT2D eigenvalue weighted by Gasteiger charge is -2.24. The minimum Gasteiger partial charge on any atom is -0.344 e. The number of aryl methyl sites for hydroxylation is 1. The highest BCUT2D eigenvalue weighted by molar-refractivity contribution is 6.05. The van der Waals surface area contributed by atoms with Crippen LogP contribution in [0.4, 0.5) is 0 Å². The normalized spacial score (nSPS) is 11.7. The Hall–Kier alpha value is -2.21. The van der Waals surface area contributed by atoms with Crippen molar-refractivity contribution in [2.75, 3.05) is 6.54 Å². The molecule has 0 aliphatic heterocycles. The number of carbonyl (C=O) groups excluding carboxylic acids is 1. The van der Waals surface area contributed by atoms with Gasteiger partial charge in [0.15, 0.2) is 5.69 Å². The molecule has 0 aliphatic rings. The highest BCUT2D eigenvalue weighted by Gasteiger charge is 2.23. The van der Waals surface area contributed by atoms with Crippen LogP contribution in [0.5, 0.6) is 0 Å². The number of nitrogens with zero attached hydrogens (tertiary/aromatic N) is 2. The molecule has 0 spiro atoms. The Labute approximate surface area is 142 Å². The largest absolute Gasteiger partial charge is 0.344 e. The fraction of sp³-hybridized carbons (Fsp3) is 0.500. The maximum Gasteiger partial charge on any atom is 0.274 e. The quantitative estimate of drug-likeness (QED) is 0.760. The summed E-state index contributed by atoms with van der Waals surface area (Å²) in [6.45, 7) is 6.63. The van der Waals surface area contributed by atoms with Gasteiger partial charge in [-0.15, -0.1) is 0 Å². The standard InChI is InChI=1S/C18H26N4O2/c1-4-5-8-11-22-17(24)14-10-7-6-9-13(14)15(21-22)16(23)20-18(2,3)12-19/h6-7,9-10H,4-5,8,11-12,19H2,1-3H3,(H,20,23). The van der Waals surface area contributed by atoms with Crippen LogP contribution in [-0.4, -0.2) is 27.8 Å². The Morgan fingerprint density at radius 3 is 2.54 bits per heavy atom. The third-order valence-corrected chi connectivity index (χ3v) is 4.02. The Balaban J connectivity index is 2.49. The van der Waals surface area contributed by atoms with E-state index in [2.05, 4.69) is 17.3 Å². The van der Waals surface area contributed by atoms with Gasteiger partial charge in [-0.2, -0.15) is 5.10 Å². The summed E-state index contributed by atoms with van der Waals surface area (Å²) < 4.78 is 1.41. The van der Waals surface area contributed by atoms with Crippen LogP contribution in [0.2, 0.25) is 0 Å². The first kappa shape index (κ1) is 18.1. The minimum absolute atomic E-state index is 0.156. The van der Waals surface area contributed by atoms with Gasteiger partial charge in [-0.3, -0.25) is 9.59 Å². The van der Waals surface area contributed by atoms with E-state index in [0.29, 0.717) is 23.9 Å². The highest BCUT2D eigenvalue weighted by Crippen LogP contribution is 2.14. The van der Waals surface area contributed by atoms with Crippen LogP contribution in [0, 0.1) is 0 Å². The SMILES string of the molecule is CCCCCn1nc(C(=O)NC(C)(C)CN)c2ccccc2c1=O. The van der Waals surface area contributed by atoms with Crippen molar-refractivity contribution in [1.82, 2.24) is 15.1 Å². The molecule has 0 saturated carbocycles. The van der Waals surface area contributed by atoms with Crippen LogP contribution >= 0.6 is 0 Å². The van der Waals surface area contributed by atoms with Crippen molar-refractivity contribution < 1.29 is 4.79 Å². The predicted octanol–water partition coefficient (Wildman–Crippen LogP) is 2.05. The summed E-state index contributed by atoms with van der Waals surface area (Å²) in [5, 5.41) is 8.31. The second-order valence-corrected chi connectivity index (χ2v) is 6.67. The van der Waals surface area contributed by atoms with Crippen molar-refractivity contribution in [2.45, 2.75) is 52.1 Å². The van der Waals surface area contributed by atoms with Gasteiger partial charge in [-0.1, -0.05) is 38.0 Å². The molecule has 0 radical (unpaired) electrons. The third kappa shape index (κ3) is 4.00. The topological polar surface area (TPSA) is 90.0 Å². The molecule has 2 rings (SSSR count). The van der Waals surface area contributed by atoms with E-state index in [1.165, 1.54) is 4.68 Å². The molecule has 0 fully saturated rings. The van der Waals surface area contributed by atoms with Crippen LogP contribution in [0.1, 0.15) is 50.5 Å². The highest BCUT2D eigenvalue weighted by atomic mass is 16.2. The Bertz CT molecular complexity index is 780. The number of hydrogen-bond acceptors (Lipinski definition) is 4. The minimum atomic E-state index is -0.539. The van der Waals surface area contributed by atoms with Gasteiger partial charge in [0.2, 0.25) is 0 Å². The molecule has 24 heavy (non-hydrogen) atoms. The maximum atomic E-state index is 12.7. The van der Waals surface area contributed by atoms with Crippen molar-refractivity contribution in [1.29, 1.82) is 0 Å².